The first-order valence-electron chi connectivity index (χ1n) is 8.29. The van der Waals surface area contributed by atoms with Crippen LogP contribution in [-0.4, -0.2) is 34.0 Å². The van der Waals surface area contributed by atoms with E-state index in [1.54, 1.807) is 19.2 Å². The summed E-state index contributed by atoms with van der Waals surface area (Å²) in [6.07, 6.45) is 2.20. The minimum absolute atomic E-state index is 0.175. The van der Waals surface area contributed by atoms with E-state index in [1.807, 2.05) is 18.2 Å². The van der Waals surface area contributed by atoms with Gasteiger partial charge in [0.25, 0.3) is 5.56 Å². The van der Waals surface area contributed by atoms with Crippen molar-refractivity contribution in [1.82, 2.24) is 14.4 Å². The van der Waals surface area contributed by atoms with E-state index < -0.39 is 0 Å². The first kappa shape index (κ1) is 18.0. The van der Waals surface area contributed by atoms with Crippen molar-refractivity contribution in [3.05, 3.63) is 51.5 Å². The van der Waals surface area contributed by atoms with Crippen molar-refractivity contribution in [3.63, 3.8) is 0 Å². The van der Waals surface area contributed by atoms with Crippen LogP contribution in [0.2, 0.25) is 0 Å². The minimum atomic E-state index is -0.175. The Kier molecular flexibility index (Phi) is 4.88. The second-order valence-electron chi connectivity index (χ2n) is 5.93. The van der Waals surface area contributed by atoms with Crippen LogP contribution in [0, 0.1) is 0 Å². The molecule has 0 amide bonds. The minimum Gasteiger partial charge on any atom is -0.493 e. The maximum Gasteiger partial charge on any atom is 0.267 e. The topological polar surface area (TPSA) is 65.7 Å². The Morgan fingerprint density at radius 3 is 2.78 bits per heavy atom. The summed E-state index contributed by atoms with van der Waals surface area (Å²) in [5.41, 5.74) is 1.63. The number of ether oxygens (including phenoxy) is 2. The second kappa shape index (κ2) is 7.32. The summed E-state index contributed by atoms with van der Waals surface area (Å²) < 4.78 is 13.5. The molecule has 0 fully saturated rings. The van der Waals surface area contributed by atoms with Gasteiger partial charge >= 0.3 is 0 Å². The van der Waals surface area contributed by atoms with Crippen molar-refractivity contribution < 1.29 is 9.47 Å². The van der Waals surface area contributed by atoms with Gasteiger partial charge in [0.15, 0.2) is 17.1 Å². The van der Waals surface area contributed by atoms with Crippen LogP contribution >= 0.6 is 27.5 Å². The average Bonchev–Trinajstić information content (AvgIpc) is 2.68. The smallest absolute Gasteiger partial charge is 0.267 e. The number of alkyl halides is 1. The highest BCUT2D eigenvalue weighted by atomic mass is 79.9. The molecule has 0 aliphatic carbocycles. The SMILES string of the molecule is COc1cc2ncn3c(=O)c4cc(Br)ccc4nc3c2cc1OCCCCl. The van der Waals surface area contributed by atoms with Crippen LogP contribution in [0.4, 0.5) is 0 Å². The van der Waals surface area contributed by atoms with Gasteiger partial charge < -0.3 is 9.47 Å². The third kappa shape index (κ3) is 3.21. The largest absolute Gasteiger partial charge is 0.493 e. The molecule has 2 heterocycles. The summed E-state index contributed by atoms with van der Waals surface area (Å²) >= 11 is 9.12. The first-order valence-corrected chi connectivity index (χ1v) is 9.62. The standard InChI is InChI=1S/C19H15BrClN3O3/c1-26-16-9-15-12(8-17(16)27-6-2-5-21)18-23-14-4-3-11(20)7-13(14)19(25)24(18)10-22-15/h3-4,7-10H,2,5-6H2,1H3. The zero-order valence-electron chi connectivity index (χ0n) is 14.4. The zero-order valence-corrected chi connectivity index (χ0v) is 16.7. The molecule has 6 nitrogen and oxygen atoms in total. The van der Waals surface area contributed by atoms with Gasteiger partial charge in [0.2, 0.25) is 0 Å². The van der Waals surface area contributed by atoms with Crippen molar-refractivity contribution in [1.29, 1.82) is 0 Å². The van der Waals surface area contributed by atoms with Crippen LogP contribution in [0.25, 0.3) is 27.5 Å². The highest BCUT2D eigenvalue weighted by Crippen LogP contribution is 2.33. The second-order valence-corrected chi connectivity index (χ2v) is 7.22. The van der Waals surface area contributed by atoms with Crippen LogP contribution < -0.4 is 15.0 Å². The highest BCUT2D eigenvalue weighted by molar-refractivity contribution is 9.10. The molecule has 4 aromatic rings. The van der Waals surface area contributed by atoms with E-state index in [0.717, 1.165) is 4.47 Å². The van der Waals surface area contributed by atoms with Gasteiger partial charge in [0, 0.05) is 21.8 Å². The van der Waals surface area contributed by atoms with E-state index in [0.29, 0.717) is 57.9 Å². The van der Waals surface area contributed by atoms with Crippen LogP contribution in [0.5, 0.6) is 11.5 Å². The van der Waals surface area contributed by atoms with Crippen LogP contribution in [0.3, 0.4) is 0 Å². The summed E-state index contributed by atoms with van der Waals surface area (Å²) in [6.45, 7) is 0.466. The number of aromatic nitrogens is 3. The number of fused-ring (bicyclic) bond motifs is 4. The fraction of sp³-hybridized carbons (Fsp3) is 0.211. The number of nitrogens with zero attached hydrogens (tertiary/aromatic N) is 3. The molecule has 0 spiro atoms. The number of hydrogen-bond donors (Lipinski definition) is 0. The number of methoxy groups -OCH3 is 1. The van der Waals surface area contributed by atoms with Crippen molar-refractivity contribution in [3.8, 4) is 11.5 Å². The maximum atomic E-state index is 12.9. The summed E-state index contributed by atoms with van der Waals surface area (Å²) in [4.78, 5) is 22.0. The van der Waals surface area contributed by atoms with Gasteiger partial charge in [-0.2, -0.15) is 0 Å². The van der Waals surface area contributed by atoms with E-state index in [9.17, 15) is 4.79 Å². The molecule has 0 radical (unpaired) electrons. The Hall–Kier alpha value is -2.38. The Balaban J connectivity index is 2.01. The molecule has 2 aromatic carbocycles. The maximum absolute atomic E-state index is 12.9. The van der Waals surface area contributed by atoms with E-state index in [2.05, 4.69) is 25.9 Å². The fourth-order valence-corrected chi connectivity index (χ4v) is 3.40. The van der Waals surface area contributed by atoms with Gasteiger partial charge in [0.05, 0.1) is 30.1 Å². The van der Waals surface area contributed by atoms with Crippen LogP contribution in [0.1, 0.15) is 6.42 Å². The molecule has 0 aliphatic rings. The zero-order chi connectivity index (χ0) is 19.0. The van der Waals surface area contributed by atoms with Crippen molar-refractivity contribution in [2.75, 3.05) is 19.6 Å². The van der Waals surface area contributed by atoms with E-state index in [1.165, 1.54) is 10.7 Å². The molecular formula is C19H15BrClN3O3. The molecular weight excluding hydrogens is 434 g/mol. The average molecular weight is 449 g/mol. The lowest BCUT2D eigenvalue weighted by Gasteiger charge is -2.13. The molecule has 27 heavy (non-hydrogen) atoms. The monoisotopic (exact) mass is 447 g/mol. The third-order valence-electron chi connectivity index (χ3n) is 4.23. The number of benzene rings is 2. The van der Waals surface area contributed by atoms with E-state index in [4.69, 9.17) is 21.1 Å². The van der Waals surface area contributed by atoms with Crippen LogP contribution in [-0.2, 0) is 0 Å². The quantitative estimate of drug-likeness (QED) is 0.198. The first-order chi connectivity index (χ1) is 13.1. The predicted octanol–water partition coefficient (Wildman–Crippen LogP) is 4.17. The molecule has 2 aromatic heterocycles. The van der Waals surface area contributed by atoms with Gasteiger partial charge in [-0.3, -0.25) is 4.79 Å². The predicted molar refractivity (Wildman–Crippen MR) is 109 cm³/mol. The van der Waals surface area contributed by atoms with Gasteiger partial charge in [-0.25, -0.2) is 14.4 Å². The van der Waals surface area contributed by atoms with Crippen LogP contribution in [0.15, 0.2) is 45.9 Å². The van der Waals surface area contributed by atoms with Crippen molar-refractivity contribution >= 4 is 55.0 Å². The van der Waals surface area contributed by atoms with Gasteiger partial charge in [-0.15, -0.1) is 11.6 Å². The molecule has 8 heteroatoms. The number of rotatable bonds is 5. The fourth-order valence-electron chi connectivity index (χ4n) is 2.93. The third-order valence-corrected chi connectivity index (χ3v) is 4.99. The molecule has 0 unspecified atom stereocenters. The molecule has 0 N–H and O–H groups in total. The van der Waals surface area contributed by atoms with E-state index in [-0.39, 0.29) is 5.56 Å². The number of halogens is 2. The summed E-state index contributed by atoms with van der Waals surface area (Å²) in [5.74, 6) is 1.65. The molecule has 0 saturated heterocycles. The Labute approximate surface area is 167 Å². The van der Waals surface area contributed by atoms with Crippen molar-refractivity contribution in [2.45, 2.75) is 6.42 Å². The Bertz CT molecular complexity index is 1230. The molecule has 0 aliphatic heterocycles. The highest BCUT2D eigenvalue weighted by Gasteiger charge is 2.14. The summed E-state index contributed by atoms with van der Waals surface area (Å²) in [6, 6.07) is 9.02. The Morgan fingerprint density at radius 1 is 1.15 bits per heavy atom. The summed E-state index contributed by atoms with van der Waals surface area (Å²) in [7, 11) is 1.57. The Morgan fingerprint density at radius 2 is 2.00 bits per heavy atom. The molecule has 138 valence electrons. The molecule has 0 saturated carbocycles. The normalized spacial score (nSPS) is 11.4. The molecule has 0 bridgehead atoms. The van der Waals surface area contributed by atoms with Crippen molar-refractivity contribution in [2.24, 2.45) is 0 Å². The van der Waals surface area contributed by atoms with E-state index >= 15 is 0 Å². The lowest BCUT2D eigenvalue weighted by atomic mass is 10.2. The molecule has 0 atom stereocenters. The van der Waals surface area contributed by atoms with Gasteiger partial charge in [-0.1, -0.05) is 15.9 Å². The lowest BCUT2D eigenvalue weighted by Crippen LogP contribution is -2.16. The van der Waals surface area contributed by atoms with Gasteiger partial charge in [0.1, 0.15) is 6.33 Å². The molecule has 4 rings (SSSR count). The van der Waals surface area contributed by atoms with Gasteiger partial charge in [-0.05, 0) is 30.7 Å². The number of hydrogen-bond acceptors (Lipinski definition) is 5. The lowest BCUT2D eigenvalue weighted by molar-refractivity contribution is 0.295. The summed E-state index contributed by atoms with van der Waals surface area (Å²) in [5, 5.41) is 1.23.